The zero-order chi connectivity index (χ0) is 25.4. The number of piperidine rings is 2. The van der Waals surface area contributed by atoms with Crippen molar-refractivity contribution in [3.8, 4) is 0 Å². The van der Waals surface area contributed by atoms with Crippen LogP contribution in [0.2, 0.25) is 0 Å². The molecule has 2 aliphatic heterocycles. The third-order valence-corrected chi connectivity index (χ3v) is 6.74. The summed E-state index contributed by atoms with van der Waals surface area (Å²) in [5, 5.41) is 17.2. The van der Waals surface area contributed by atoms with E-state index in [1.807, 2.05) is 0 Å². The van der Waals surface area contributed by atoms with Gasteiger partial charge in [0.05, 0.1) is 17.9 Å². The topological polar surface area (TPSA) is 96.9 Å². The molecule has 2 heterocycles. The molecule has 0 aromatic heterocycles. The van der Waals surface area contributed by atoms with E-state index >= 15 is 0 Å². The van der Waals surface area contributed by atoms with Crippen molar-refractivity contribution in [2.45, 2.75) is 142 Å². The number of carbonyl (C=O) groups is 2. The number of esters is 2. The highest BCUT2D eigenvalue weighted by molar-refractivity contribution is 5.82. The number of carbonyl (C=O) groups excluding carboxylic acids is 2. The lowest BCUT2D eigenvalue weighted by Gasteiger charge is -2.46. The zero-order valence-electron chi connectivity index (χ0n) is 22.5. The molecule has 0 spiro atoms. The van der Waals surface area contributed by atoms with Gasteiger partial charge in [-0.1, -0.05) is 6.92 Å². The molecule has 0 saturated carbocycles. The van der Waals surface area contributed by atoms with Gasteiger partial charge in [0.2, 0.25) is 0 Å². The number of ether oxygens (including phenoxy) is 2. The standard InChI is InChI=1S/C26H48N2O5/c1-16(29)11-20(22(31)33-19-14-25(7,8)28-26(9,10)15-19)17(2)21(30)32-18-12-23(3,4)27-24(5,6)13-18/h16-20,27-29H,11-15H2,1-10H3. The number of rotatable bonds is 7. The number of hydrogen-bond donors (Lipinski definition) is 3. The monoisotopic (exact) mass is 468 g/mol. The molecule has 0 amide bonds. The molecule has 2 saturated heterocycles. The van der Waals surface area contributed by atoms with Gasteiger partial charge in [0, 0.05) is 47.8 Å². The van der Waals surface area contributed by atoms with Gasteiger partial charge in [0.1, 0.15) is 12.2 Å². The second-order valence-electron chi connectivity index (χ2n) is 13.2. The van der Waals surface area contributed by atoms with Crippen LogP contribution in [0.4, 0.5) is 0 Å². The van der Waals surface area contributed by atoms with Gasteiger partial charge in [-0.25, -0.2) is 0 Å². The first-order valence-electron chi connectivity index (χ1n) is 12.5. The average molecular weight is 469 g/mol. The molecule has 33 heavy (non-hydrogen) atoms. The predicted molar refractivity (Wildman–Crippen MR) is 130 cm³/mol. The molecular weight excluding hydrogens is 420 g/mol. The van der Waals surface area contributed by atoms with Gasteiger partial charge in [0.25, 0.3) is 0 Å². The molecule has 2 aliphatic rings. The smallest absolute Gasteiger partial charge is 0.310 e. The van der Waals surface area contributed by atoms with Crippen LogP contribution in [0.3, 0.4) is 0 Å². The lowest BCUT2D eigenvalue weighted by molar-refractivity contribution is -0.171. The lowest BCUT2D eigenvalue weighted by atomic mass is 9.80. The van der Waals surface area contributed by atoms with Crippen LogP contribution in [-0.4, -0.2) is 57.5 Å². The van der Waals surface area contributed by atoms with E-state index in [9.17, 15) is 14.7 Å². The Bertz CT molecular complexity index is 681. The second kappa shape index (κ2) is 9.82. The van der Waals surface area contributed by atoms with E-state index in [2.05, 4.69) is 66.0 Å². The maximum Gasteiger partial charge on any atom is 0.310 e. The molecular formula is C26H48N2O5. The summed E-state index contributed by atoms with van der Waals surface area (Å²) in [5.41, 5.74) is -0.623. The van der Waals surface area contributed by atoms with Crippen molar-refractivity contribution >= 4 is 11.9 Å². The Kier molecular flexibility index (Phi) is 8.35. The first-order valence-corrected chi connectivity index (χ1v) is 12.5. The van der Waals surface area contributed by atoms with E-state index in [0.29, 0.717) is 25.7 Å². The predicted octanol–water partition coefficient (Wildman–Crippen LogP) is 3.71. The number of aliphatic hydroxyl groups is 1. The molecule has 3 atom stereocenters. The van der Waals surface area contributed by atoms with E-state index in [4.69, 9.17) is 9.47 Å². The highest BCUT2D eigenvalue weighted by Gasteiger charge is 2.43. The Hall–Kier alpha value is -1.18. The fraction of sp³-hybridized carbons (Fsp3) is 0.923. The second-order valence-corrected chi connectivity index (χ2v) is 13.2. The maximum absolute atomic E-state index is 13.2. The van der Waals surface area contributed by atoms with E-state index in [1.54, 1.807) is 13.8 Å². The molecule has 192 valence electrons. The van der Waals surface area contributed by atoms with Crippen LogP contribution >= 0.6 is 0 Å². The van der Waals surface area contributed by atoms with Gasteiger partial charge in [0.15, 0.2) is 0 Å². The first-order chi connectivity index (χ1) is 14.8. The van der Waals surface area contributed by atoms with Crippen molar-refractivity contribution in [2.24, 2.45) is 11.8 Å². The van der Waals surface area contributed by atoms with Crippen LogP contribution in [0.25, 0.3) is 0 Å². The molecule has 0 aromatic carbocycles. The highest BCUT2D eigenvalue weighted by Crippen LogP contribution is 2.34. The molecule has 2 fully saturated rings. The van der Waals surface area contributed by atoms with Gasteiger partial charge in [-0.15, -0.1) is 0 Å². The molecule has 7 heteroatoms. The Balaban J connectivity index is 2.10. The average Bonchev–Trinajstić information content (AvgIpc) is 2.52. The van der Waals surface area contributed by atoms with Crippen molar-refractivity contribution in [2.75, 3.05) is 0 Å². The molecule has 7 nitrogen and oxygen atoms in total. The Labute approximate surface area is 200 Å². The van der Waals surface area contributed by atoms with E-state index in [0.717, 1.165) is 0 Å². The minimum atomic E-state index is -0.749. The largest absolute Gasteiger partial charge is 0.462 e. The fourth-order valence-electron chi connectivity index (χ4n) is 6.18. The maximum atomic E-state index is 13.2. The molecule has 0 bridgehead atoms. The van der Waals surface area contributed by atoms with Crippen LogP contribution < -0.4 is 10.6 Å². The summed E-state index contributed by atoms with van der Waals surface area (Å²) in [6.07, 6.45) is 1.78. The van der Waals surface area contributed by atoms with Gasteiger partial charge in [-0.05, 0) is 68.7 Å². The van der Waals surface area contributed by atoms with Crippen LogP contribution in [0.5, 0.6) is 0 Å². The summed E-state index contributed by atoms with van der Waals surface area (Å²) in [5.74, 6) is -2.27. The minimum absolute atomic E-state index is 0.150. The Morgan fingerprint density at radius 3 is 1.42 bits per heavy atom. The summed E-state index contributed by atoms with van der Waals surface area (Å²) in [7, 11) is 0. The quantitative estimate of drug-likeness (QED) is 0.490. The molecule has 3 unspecified atom stereocenters. The van der Waals surface area contributed by atoms with E-state index in [1.165, 1.54) is 0 Å². The number of aliphatic hydroxyl groups excluding tert-OH is 1. The van der Waals surface area contributed by atoms with Crippen LogP contribution in [0, 0.1) is 11.8 Å². The number of nitrogens with one attached hydrogen (secondary N) is 2. The van der Waals surface area contributed by atoms with Crippen molar-refractivity contribution in [1.82, 2.24) is 10.6 Å². The SMILES string of the molecule is CC(O)CC(C(=O)OC1CC(C)(C)NC(C)(C)C1)C(C)C(=O)OC1CC(C)(C)NC(C)(C)C1. The summed E-state index contributed by atoms with van der Waals surface area (Å²) in [6, 6.07) is 0. The molecule has 0 aromatic rings. The summed E-state index contributed by atoms with van der Waals surface area (Å²) in [4.78, 5) is 26.4. The molecule has 0 aliphatic carbocycles. The third kappa shape index (κ3) is 8.52. The third-order valence-electron chi connectivity index (χ3n) is 6.74. The normalized spacial score (nSPS) is 27.2. The van der Waals surface area contributed by atoms with Gasteiger partial charge in [-0.3, -0.25) is 9.59 Å². The van der Waals surface area contributed by atoms with Gasteiger partial charge in [-0.2, -0.15) is 0 Å². The summed E-state index contributed by atoms with van der Waals surface area (Å²) >= 11 is 0. The molecule has 3 N–H and O–H groups in total. The van der Waals surface area contributed by atoms with Crippen LogP contribution in [-0.2, 0) is 19.1 Å². The van der Waals surface area contributed by atoms with Gasteiger partial charge >= 0.3 is 11.9 Å². The van der Waals surface area contributed by atoms with Crippen molar-refractivity contribution < 1.29 is 24.2 Å². The van der Waals surface area contributed by atoms with Gasteiger partial charge < -0.3 is 25.2 Å². The van der Waals surface area contributed by atoms with E-state index < -0.39 is 29.9 Å². The summed E-state index contributed by atoms with van der Waals surface area (Å²) < 4.78 is 11.9. The highest BCUT2D eigenvalue weighted by atomic mass is 16.6. The van der Waals surface area contributed by atoms with Crippen molar-refractivity contribution in [3.05, 3.63) is 0 Å². The van der Waals surface area contributed by atoms with Crippen molar-refractivity contribution in [3.63, 3.8) is 0 Å². The molecule has 2 rings (SSSR count). The zero-order valence-corrected chi connectivity index (χ0v) is 22.5. The minimum Gasteiger partial charge on any atom is -0.462 e. The Morgan fingerprint density at radius 2 is 1.09 bits per heavy atom. The van der Waals surface area contributed by atoms with E-state index in [-0.39, 0.29) is 40.8 Å². The number of hydrogen-bond acceptors (Lipinski definition) is 7. The van der Waals surface area contributed by atoms with Crippen LogP contribution in [0.1, 0.15) is 101 Å². The summed E-state index contributed by atoms with van der Waals surface area (Å²) in [6.45, 7) is 20.2. The van der Waals surface area contributed by atoms with Crippen LogP contribution in [0.15, 0.2) is 0 Å². The van der Waals surface area contributed by atoms with Crippen molar-refractivity contribution in [1.29, 1.82) is 0 Å². The Morgan fingerprint density at radius 1 is 0.758 bits per heavy atom. The first kappa shape index (κ1) is 28.1. The lowest BCUT2D eigenvalue weighted by Crippen LogP contribution is -2.60. The molecule has 0 radical (unpaired) electrons. The fourth-order valence-corrected chi connectivity index (χ4v) is 6.18.